The molecule has 2 unspecified atom stereocenters. The van der Waals surface area contributed by atoms with E-state index in [1.807, 2.05) is 84.9 Å². The first-order valence-electron chi connectivity index (χ1n) is 20.4. The first-order valence-corrected chi connectivity index (χ1v) is 21.2. The summed E-state index contributed by atoms with van der Waals surface area (Å²) in [5.74, 6) is -0.969. The minimum Gasteiger partial charge on any atom is -0.489 e. The molecule has 8 rings (SSSR count). The average molecular weight is 873 g/mol. The molecule has 2 N–H and O–H groups in total. The lowest BCUT2D eigenvalue weighted by Gasteiger charge is -2.42. The number of likely N-dealkylation sites (N-methyl/N-ethyl adjacent to an activating group) is 1. The van der Waals surface area contributed by atoms with Crippen LogP contribution in [0.5, 0.6) is 11.5 Å². The second-order valence-corrected chi connectivity index (χ2v) is 16.4. The van der Waals surface area contributed by atoms with Gasteiger partial charge in [-0.2, -0.15) is 0 Å². The molecule has 0 saturated heterocycles. The first-order chi connectivity index (χ1) is 29.9. The normalized spacial score (nSPS) is 17.0. The Hall–Kier alpha value is -6.20. The van der Waals surface area contributed by atoms with Gasteiger partial charge in [-0.15, -0.1) is 0 Å². The van der Waals surface area contributed by atoms with Crippen LogP contribution in [0.15, 0.2) is 133 Å². The van der Waals surface area contributed by atoms with Crippen molar-refractivity contribution in [1.29, 1.82) is 0 Å². The van der Waals surface area contributed by atoms with Gasteiger partial charge in [0.15, 0.2) is 0 Å². The molecule has 2 heterocycles. The molecule has 0 saturated carbocycles. The number of halogens is 3. The molecule has 0 radical (unpaired) electrons. The van der Waals surface area contributed by atoms with E-state index in [0.717, 1.165) is 38.9 Å². The van der Waals surface area contributed by atoms with Crippen LogP contribution in [0, 0.1) is 5.82 Å². The van der Waals surface area contributed by atoms with E-state index >= 15 is 0 Å². The van der Waals surface area contributed by atoms with E-state index in [0.29, 0.717) is 45.8 Å². The van der Waals surface area contributed by atoms with Gasteiger partial charge in [-0.1, -0.05) is 115 Å². The number of nitrogens with one attached hydrogen (secondary N) is 1. The summed E-state index contributed by atoms with van der Waals surface area (Å²) in [6.07, 6.45) is 0.149. The van der Waals surface area contributed by atoms with Gasteiger partial charge >= 0.3 is 5.97 Å². The third-order valence-electron chi connectivity index (χ3n) is 11.6. The standard InChI is InChI=1S/C50H44Cl2FN3O6/c1-3-43(34-7-5-4-6-8-34)56-28-37-27-46-44(55(2)49(58)47(62-46)35-16-20-39(21-17-35)61-29-31-11-22-40(51)41(52)23-31)25-36(37)26-45(56)48(57)54-42(50(59)60)24-30-9-12-32(13-10-30)33-14-18-38(53)19-15-33/h4-23,25,27,42-43,45,47H,3,24,26,28-29H2,1-2H3,(H,54,57)(H,59,60)/t42-,43-,45?,47?/m0/s1. The van der Waals surface area contributed by atoms with Crippen LogP contribution >= 0.6 is 23.2 Å². The van der Waals surface area contributed by atoms with E-state index < -0.39 is 30.1 Å². The lowest BCUT2D eigenvalue weighted by Crippen LogP contribution is -2.55. The molecule has 2 amide bonds. The maximum atomic E-state index is 14.5. The molecule has 4 atom stereocenters. The molecule has 9 nitrogen and oxygen atoms in total. The predicted octanol–water partition coefficient (Wildman–Crippen LogP) is 10.2. The number of hydrogen-bond acceptors (Lipinski definition) is 6. The summed E-state index contributed by atoms with van der Waals surface area (Å²) in [5.41, 5.74) is 7.40. The number of nitrogens with zero attached hydrogens (tertiary/aromatic N) is 2. The fourth-order valence-electron chi connectivity index (χ4n) is 8.28. The lowest BCUT2D eigenvalue weighted by molar-refractivity contribution is -0.143. The summed E-state index contributed by atoms with van der Waals surface area (Å²) in [5, 5.41) is 14.1. The van der Waals surface area contributed by atoms with Crippen molar-refractivity contribution in [2.24, 2.45) is 0 Å². The Morgan fingerprint density at radius 1 is 0.855 bits per heavy atom. The molecule has 0 aromatic heterocycles. The number of carboxylic acids is 1. The molecule has 12 heteroatoms. The quantitative estimate of drug-likeness (QED) is 0.119. The van der Waals surface area contributed by atoms with E-state index in [1.165, 1.54) is 12.1 Å². The van der Waals surface area contributed by atoms with Crippen molar-refractivity contribution < 1.29 is 33.4 Å². The molecule has 6 aromatic carbocycles. The van der Waals surface area contributed by atoms with Gasteiger partial charge in [0, 0.05) is 31.6 Å². The van der Waals surface area contributed by atoms with E-state index in [9.17, 15) is 23.9 Å². The fourth-order valence-corrected chi connectivity index (χ4v) is 8.61. The van der Waals surface area contributed by atoms with Crippen LogP contribution < -0.4 is 19.7 Å². The fraction of sp³-hybridized carbons (Fsp3) is 0.220. The molecule has 0 aliphatic carbocycles. The zero-order chi connectivity index (χ0) is 43.5. The SMILES string of the molecule is CC[C@@H](c1ccccc1)N1Cc2cc3c(cc2CC1C(=O)N[C@@H](Cc1ccc(-c2ccc(F)cc2)cc1)C(=O)O)N(C)C(=O)C(c1ccc(OCc2ccc(Cl)c(Cl)c2)cc1)O3. The van der Waals surface area contributed by atoms with E-state index in [2.05, 4.69) is 17.1 Å². The number of carbonyl (C=O) groups excluding carboxylic acids is 2. The van der Waals surface area contributed by atoms with Crippen LogP contribution in [0.3, 0.4) is 0 Å². The van der Waals surface area contributed by atoms with Crippen molar-refractivity contribution in [2.45, 2.75) is 63.6 Å². The lowest BCUT2D eigenvalue weighted by atomic mass is 9.88. The Balaban J connectivity index is 1.02. The van der Waals surface area contributed by atoms with Crippen molar-refractivity contribution in [3.8, 4) is 22.6 Å². The van der Waals surface area contributed by atoms with Crippen molar-refractivity contribution >= 4 is 46.7 Å². The van der Waals surface area contributed by atoms with Crippen LogP contribution in [0.25, 0.3) is 11.1 Å². The molecule has 2 aliphatic rings. The van der Waals surface area contributed by atoms with Crippen LogP contribution in [-0.4, -0.2) is 46.9 Å². The van der Waals surface area contributed by atoms with Crippen molar-refractivity contribution in [3.05, 3.63) is 183 Å². The number of anilines is 1. The van der Waals surface area contributed by atoms with Crippen LogP contribution in [0.1, 0.15) is 58.9 Å². The van der Waals surface area contributed by atoms with Crippen LogP contribution in [0.2, 0.25) is 10.0 Å². The highest BCUT2D eigenvalue weighted by molar-refractivity contribution is 6.42. The smallest absolute Gasteiger partial charge is 0.326 e. The predicted molar refractivity (Wildman–Crippen MR) is 238 cm³/mol. The van der Waals surface area contributed by atoms with Crippen LogP contribution in [0.4, 0.5) is 10.1 Å². The minimum absolute atomic E-state index is 0.0668. The highest BCUT2D eigenvalue weighted by Gasteiger charge is 2.40. The van der Waals surface area contributed by atoms with Crippen molar-refractivity contribution in [3.63, 3.8) is 0 Å². The van der Waals surface area contributed by atoms with Crippen molar-refractivity contribution in [2.75, 3.05) is 11.9 Å². The van der Waals surface area contributed by atoms with Gasteiger partial charge in [-0.3, -0.25) is 14.5 Å². The van der Waals surface area contributed by atoms with Gasteiger partial charge < -0.3 is 24.8 Å². The summed E-state index contributed by atoms with van der Waals surface area (Å²) < 4.78 is 25.9. The Morgan fingerprint density at radius 2 is 1.53 bits per heavy atom. The molecule has 0 fully saturated rings. The van der Waals surface area contributed by atoms with Crippen LogP contribution in [-0.2, 0) is 40.4 Å². The van der Waals surface area contributed by atoms with E-state index in [1.54, 1.807) is 48.3 Å². The number of fused-ring (bicyclic) bond motifs is 2. The van der Waals surface area contributed by atoms with Crippen molar-refractivity contribution in [1.82, 2.24) is 10.2 Å². The highest BCUT2D eigenvalue weighted by atomic mass is 35.5. The molecule has 0 bridgehead atoms. The summed E-state index contributed by atoms with van der Waals surface area (Å²) >= 11 is 12.2. The number of ether oxygens (including phenoxy) is 2. The summed E-state index contributed by atoms with van der Waals surface area (Å²) in [4.78, 5) is 44.7. The second-order valence-electron chi connectivity index (χ2n) is 15.6. The Kier molecular flexibility index (Phi) is 12.6. The number of benzene rings is 6. The second kappa shape index (κ2) is 18.4. The number of aliphatic carboxylic acids is 1. The molecular weight excluding hydrogens is 828 g/mol. The molecule has 6 aromatic rings. The van der Waals surface area contributed by atoms with Gasteiger partial charge in [0.25, 0.3) is 5.91 Å². The molecule has 0 spiro atoms. The Labute approximate surface area is 369 Å². The van der Waals surface area contributed by atoms with Gasteiger partial charge in [0.2, 0.25) is 12.0 Å². The van der Waals surface area contributed by atoms with Gasteiger partial charge in [0.1, 0.15) is 30.0 Å². The van der Waals surface area contributed by atoms with E-state index in [4.69, 9.17) is 32.7 Å². The largest absolute Gasteiger partial charge is 0.489 e. The average Bonchev–Trinajstić information content (AvgIpc) is 3.28. The number of carboxylic acid groups (broad SMARTS) is 1. The zero-order valence-corrected chi connectivity index (χ0v) is 35.6. The number of carbonyl (C=O) groups is 3. The maximum absolute atomic E-state index is 14.5. The number of rotatable bonds is 13. The van der Waals surface area contributed by atoms with Gasteiger partial charge in [-0.05, 0) is 100 Å². The third-order valence-corrected chi connectivity index (χ3v) is 12.4. The highest BCUT2D eigenvalue weighted by Crippen LogP contribution is 2.43. The first kappa shape index (κ1) is 42.5. The van der Waals surface area contributed by atoms with Gasteiger partial charge in [0.05, 0.1) is 21.8 Å². The Morgan fingerprint density at radius 3 is 2.19 bits per heavy atom. The van der Waals surface area contributed by atoms with Gasteiger partial charge in [-0.25, -0.2) is 9.18 Å². The maximum Gasteiger partial charge on any atom is 0.326 e. The molecule has 62 heavy (non-hydrogen) atoms. The third kappa shape index (κ3) is 9.18. The summed E-state index contributed by atoms with van der Waals surface area (Å²) in [7, 11) is 1.71. The summed E-state index contributed by atoms with van der Waals surface area (Å²) in [6, 6.07) is 37.8. The molecule has 2 aliphatic heterocycles. The topological polar surface area (TPSA) is 108 Å². The number of amides is 2. The zero-order valence-electron chi connectivity index (χ0n) is 34.1. The molecular formula is C50H44Cl2FN3O6. The monoisotopic (exact) mass is 871 g/mol. The summed E-state index contributed by atoms with van der Waals surface area (Å²) in [6.45, 7) is 2.74. The Bertz CT molecular complexity index is 2590. The number of hydrogen-bond donors (Lipinski definition) is 2. The molecule has 316 valence electrons. The minimum atomic E-state index is -1.19. The van der Waals surface area contributed by atoms with E-state index in [-0.39, 0.29) is 37.2 Å².